The van der Waals surface area contributed by atoms with Crippen LogP contribution in [0.1, 0.15) is 0 Å². The van der Waals surface area contributed by atoms with Gasteiger partial charge in [-0.2, -0.15) is 0 Å². The van der Waals surface area contributed by atoms with Crippen molar-refractivity contribution < 1.29 is 19.7 Å². The summed E-state index contributed by atoms with van der Waals surface area (Å²) in [7, 11) is 1.49. The second kappa shape index (κ2) is 3.30. The van der Waals surface area contributed by atoms with Gasteiger partial charge >= 0.3 is 0 Å². The molecule has 1 aliphatic rings. The van der Waals surface area contributed by atoms with Gasteiger partial charge in [-0.1, -0.05) is 0 Å². The van der Waals surface area contributed by atoms with Gasteiger partial charge in [-0.25, -0.2) is 0 Å². The van der Waals surface area contributed by atoms with Crippen LogP contribution in [0.5, 0.6) is 0 Å². The lowest BCUT2D eigenvalue weighted by molar-refractivity contribution is -0.0307. The number of hydrogen-bond acceptors (Lipinski definition) is 4. The minimum absolute atomic E-state index is 0.102. The van der Waals surface area contributed by atoms with Crippen molar-refractivity contribution >= 4 is 0 Å². The van der Waals surface area contributed by atoms with Crippen molar-refractivity contribution in [2.75, 3.05) is 20.3 Å². The molecule has 4 heteroatoms. The second-order valence-electron chi connectivity index (χ2n) is 2.32. The zero-order chi connectivity index (χ0) is 7.56. The molecule has 60 valence electrons. The van der Waals surface area contributed by atoms with Crippen LogP contribution in [0.3, 0.4) is 0 Å². The minimum Gasteiger partial charge on any atom is -0.394 e. The van der Waals surface area contributed by atoms with Crippen molar-refractivity contribution in [3.8, 4) is 0 Å². The lowest BCUT2D eigenvalue weighted by Gasteiger charge is -2.15. The molecule has 0 unspecified atom stereocenters. The number of rotatable bonds is 2. The summed E-state index contributed by atoms with van der Waals surface area (Å²) < 4.78 is 9.88. The Morgan fingerprint density at radius 3 is 2.80 bits per heavy atom. The fourth-order valence-corrected chi connectivity index (χ4v) is 1.13. The number of methoxy groups -OCH3 is 1. The van der Waals surface area contributed by atoms with Gasteiger partial charge in [0.25, 0.3) is 0 Å². The smallest absolute Gasteiger partial charge is 0.114 e. The number of ether oxygens (including phenoxy) is 2. The van der Waals surface area contributed by atoms with Gasteiger partial charge < -0.3 is 19.7 Å². The molecule has 1 saturated heterocycles. The fourth-order valence-electron chi connectivity index (χ4n) is 1.13. The van der Waals surface area contributed by atoms with Crippen LogP contribution >= 0.6 is 0 Å². The maximum absolute atomic E-state index is 9.13. The molecular formula is C6H12O4. The minimum atomic E-state index is -0.595. The normalized spacial score (nSPS) is 40.5. The van der Waals surface area contributed by atoms with E-state index >= 15 is 0 Å². The molecular weight excluding hydrogens is 136 g/mol. The molecule has 0 radical (unpaired) electrons. The lowest BCUT2D eigenvalue weighted by atomic mass is 10.1. The van der Waals surface area contributed by atoms with Gasteiger partial charge in [0.2, 0.25) is 0 Å². The van der Waals surface area contributed by atoms with E-state index in [2.05, 4.69) is 0 Å². The van der Waals surface area contributed by atoms with Gasteiger partial charge in [0.05, 0.1) is 13.2 Å². The molecule has 0 saturated carbocycles. The fraction of sp³-hybridized carbons (Fsp3) is 1.00. The Bertz CT molecular complexity index is 106. The molecule has 0 amide bonds. The molecule has 0 aromatic rings. The molecule has 0 aromatic carbocycles. The summed E-state index contributed by atoms with van der Waals surface area (Å²) in [5.41, 5.74) is 0. The Balaban J connectivity index is 2.45. The first kappa shape index (κ1) is 7.94. The monoisotopic (exact) mass is 148 g/mol. The summed E-state index contributed by atoms with van der Waals surface area (Å²) in [6.45, 7) is 0.152. The Hall–Kier alpha value is -0.160. The molecule has 1 fully saturated rings. The Morgan fingerprint density at radius 1 is 1.70 bits per heavy atom. The van der Waals surface area contributed by atoms with Crippen LogP contribution in [0.25, 0.3) is 0 Å². The van der Waals surface area contributed by atoms with Crippen molar-refractivity contribution in [2.45, 2.75) is 18.3 Å². The zero-order valence-electron chi connectivity index (χ0n) is 5.86. The van der Waals surface area contributed by atoms with E-state index in [9.17, 15) is 0 Å². The Labute approximate surface area is 59.4 Å². The van der Waals surface area contributed by atoms with Crippen LogP contribution in [-0.4, -0.2) is 48.8 Å². The molecule has 0 bridgehead atoms. The lowest BCUT2D eigenvalue weighted by Crippen LogP contribution is -2.34. The molecule has 2 N–H and O–H groups in total. The summed E-state index contributed by atoms with van der Waals surface area (Å²) in [6, 6.07) is 0. The molecule has 1 heterocycles. The highest BCUT2D eigenvalue weighted by Gasteiger charge is 2.35. The largest absolute Gasteiger partial charge is 0.394 e. The quantitative estimate of drug-likeness (QED) is 0.514. The van der Waals surface area contributed by atoms with Gasteiger partial charge in [-0.3, -0.25) is 0 Å². The summed E-state index contributed by atoms with van der Waals surface area (Å²) in [6.07, 6.45) is -1.33. The van der Waals surface area contributed by atoms with Crippen molar-refractivity contribution in [2.24, 2.45) is 0 Å². The first-order valence-corrected chi connectivity index (χ1v) is 3.23. The van der Waals surface area contributed by atoms with Crippen LogP contribution in [0, 0.1) is 0 Å². The zero-order valence-corrected chi connectivity index (χ0v) is 5.86. The van der Waals surface area contributed by atoms with E-state index in [4.69, 9.17) is 19.7 Å². The SMILES string of the molecule is CO[C@H]1[C@H](O)CO[C@@H]1CO. The summed E-state index contributed by atoms with van der Waals surface area (Å²) in [4.78, 5) is 0. The summed E-state index contributed by atoms with van der Waals surface area (Å²) in [5.74, 6) is 0. The molecule has 4 nitrogen and oxygen atoms in total. The van der Waals surface area contributed by atoms with Crippen molar-refractivity contribution in [1.82, 2.24) is 0 Å². The Kier molecular flexibility index (Phi) is 2.62. The van der Waals surface area contributed by atoms with Crippen LogP contribution in [0.2, 0.25) is 0 Å². The predicted octanol–water partition coefficient (Wildman–Crippen LogP) is -1.25. The van der Waals surface area contributed by atoms with Crippen molar-refractivity contribution in [3.05, 3.63) is 0 Å². The van der Waals surface area contributed by atoms with E-state index in [1.54, 1.807) is 0 Å². The maximum Gasteiger partial charge on any atom is 0.114 e. The average Bonchev–Trinajstić information content (AvgIpc) is 2.30. The van der Waals surface area contributed by atoms with Gasteiger partial charge in [0.15, 0.2) is 0 Å². The third-order valence-electron chi connectivity index (χ3n) is 1.68. The van der Waals surface area contributed by atoms with E-state index < -0.39 is 6.10 Å². The van der Waals surface area contributed by atoms with Gasteiger partial charge in [-0.05, 0) is 0 Å². The third-order valence-corrected chi connectivity index (χ3v) is 1.68. The maximum atomic E-state index is 9.13. The van der Waals surface area contributed by atoms with Crippen LogP contribution < -0.4 is 0 Å². The van der Waals surface area contributed by atoms with Gasteiger partial charge in [0.1, 0.15) is 18.3 Å². The molecule has 3 atom stereocenters. The third kappa shape index (κ3) is 1.29. The Morgan fingerprint density at radius 2 is 2.40 bits per heavy atom. The highest BCUT2D eigenvalue weighted by Crippen LogP contribution is 2.16. The molecule has 1 aliphatic heterocycles. The average molecular weight is 148 g/mol. The van der Waals surface area contributed by atoms with E-state index in [0.29, 0.717) is 0 Å². The number of aliphatic hydroxyl groups excluding tert-OH is 2. The predicted molar refractivity (Wildman–Crippen MR) is 33.6 cm³/mol. The first-order valence-electron chi connectivity index (χ1n) is 3.23. The first-order chi connectivity index (χ1) is 4.79. The second-order valence-corrected chi connectivity index (χ2v) is 2.32. The van der Waals surface area contributed by atoms with Gasteiger partial charge in [-0.15, -0.1) is 0 Å². The van der Waals surface area contributed by atoms with E-state index in [1.165, 1.54) is 7.11 Å². The highest BCUT2D eigenvalue weighted by molar-refractivity contribution is 4.83. The molecule has 0 aromatic heterocycles. The molecule has 10 heavy (non-hydrogen) atoms. The van der Waals surface area contributed by atoms with E-state index in [1.807, 2.05) is 0 Å². The number of aliphatic hydroxyl groups is 2. The van der Waals surface area contributed by atoms with Crippen LogP contribution in [0.4, 0.5) is 0 Å². The standard InChI is InChI=1S/C6H12O4/c1-9-6-4(8)3-10-5(6)2-7/h4-8H,2-3H2,1H3/t4-,5-,6+/m1/s1. The van der Waals surface area contributed by atoms with Crippen molar-refractivity contribution in [1.29, 1.82) is 0 Å². The topological polar surface area (TPSA) is 58.9 Å². The summed E-state index contributed by atoms with van der Waals surface area (Å²) in [5, 5.41) is 17.8. The van der Waals surface area contributed by atoms with E-state index in [0.717, 1.165) is 0 Å². The van der Waals surface area contributed by atoms with E-state index in [-0.39, 0.29) is 25.4 Å². The number of hydrogen-bond donors (Lipinski definition) is 2. The highest BCUT2D eigenvalue weighted by atomic mass is 16.6. The molecule has 0 spiro atoms. The molecule has 1 rings (SSSR count). The van der Waals surface area contributed by atoms with Crippen LogP contribution in [0.15, 0.2) is 0 Å². The molecule has 0 aliphatic carbocycles. The van der Waals surface area contributed by atoms with Crippen molar-refractivity contribution in [3.63, 3.8) is 0 Å². The van der Waals surface area contributed by atoms with Gasteiger partial charge in [0, 0.05) is 7.11 Å². The van der Waals surface area contributed by atoms with Crippen LogP contribution in [-0.2, 0) is 9.47 Å². The summed E-state index contributed by atoms with van der Waals surface area (Å²) >= 11 is 0.